The number of benzene rings is 3. The van der Waals surface area contributed by atoms with E-state index in [0.717, 1.165) is 60.0 Å². The maximum Gasteiger partial charge on any atom is 0.328 e. The van der Waals surface area contributed by atoms with Crippen LogP contribution >= 0.6 is 23.2 Å². The third kappa shape index (κ3) is 9.66. The number of aryl methyl sites for hydroxylation is 4. The maximum atomic E-state index is 13.3. The molecule has 0 radical (unpaired) electrons. The number of carbonyl (C=O) groups is 3. The number of hydrogen-bond acceptors (Lipinski definition) is 6. The molecule has 0 aromatic heterocycles. The molecule has 0 unspecified atom stereocenters. The van der Waals surface area contributed by atoms with Gasteiger partial charge in [-0.2, -0.15) is 4.99 Å². The molecule has 0 aliphatic heterocycles. The van der Waals surface area contributed by atoms with E-state index in [1.54, 1.807) is 6.08 Å². The summed E-state index contributed by atoms with van der Waals surface area (Å²) in [5.41, 5.74) is 5.49. The second-order valence-corrected chi connectivity index (χ2v) is 11.8. The minimum atomic E-state index is -0.788. The van der Waals surface area contributed by atoms with Crippen LogP contribution in [0.4, 0.5) is 21.9 Å². The molecular weight excluding hydrogens is 615 g/mol. The van der Waals surface area contributed by atoms with Crippen molar-refractivity contribution in [1.82, 2.24) is 5.32 Å². The lowest BCUT2D eigenvalue weighted by molar-refractivity contribution is -0.144. The zero-order valence-corrected chi connectivity index (χ0v) is 27.6. The van der Waals surface area contributed by atoms with Gasteiger partial charge in [-0.05, 0) is 80.8 Å². The van der Waals surface area contributed by atoms with Crippen molar-refractivity contribution in [3.63, 3.8) is 0 Å². The van der Waals surface area contributed by atoms with Gasteiger partial charge in [-0.25, -0.2) is 14.4 Å². The molecule has 11 heteroatoms. The van der Waals surface area contributed by atoms with Crippen molar-refractivity contribution in [2.75, 3.05) is 17.7 Å². The van der Waals surface area contributed by atoms with Gasteiger partial charge in [0.1, 0.15) is 6.04 Å². The van der Waals surface area contributed by atoms with Gasteiger partial charge >= 0.3 is 12.0 Å². The second-order valence-electron chi connectivity index (χ2n) is 11.0. The highest BCUT2D eigenvalue weighted by atomic mass is 35.5. The Balaban J connectivity index is 0.000000423. The van der Waals surface area contributed by atoms with Crippen molar-refractivity contribution in [1.29, 1.82) is 0 Å². The number of rotatable bonds is 7. The van der Waals surface area contributed by atoms with Crippen molar-refractivity contribution in [2.24, 2.45) is 10.9 Å². The first-order chi connectivity index (χ1) is 21.5. The number of carbonyl (C=O) groups excluding carboxylic acids is 4. The molecule has 1 saturated carbocycles. The lowest BCUT2D eigenvalue weighted by Crippen LogP contribution is -2.47. The van der Waals surface area contributed by atoms with Gasteiger partial charge in [0.25, 0.3) is 5.91 Å². The summed E-state index contributed by atoms with van der Waals surface area (Å²) in [5, 5.41) is 8.63. The van der Waals surface area contributed by atoms with Gasteiger partial charge in [-0.1, -0.05) is 78.9 Å². The van der Waals surface area contributed by atoms with Gasteiger partial charge in [0.2, 0.25) is 6.08 Å². The van der Waals surface area contributed by atoms with Crippen molar-refractivity contribution in [3.05, 3.63) is 86.4 Å². The minimum absolute atomic E-state index is 0.0170. The zero-order valence-electron chi connectivity index (χ0n) is 26.1. The number of aliphatic imine (C=N–C) groups is 1. The molecule has 4 rings (SSSR count). The van der Waals surface area contributed by atoms with Gasteiger partial charge in [0.15, 0.2) is 0 Å². The summed E-state index contributed by atoms with van der Waals surface area (Å²) in [6, 6.07) is 12.9. The van der Waals surface area contributed by atoms with Crippen LogP contribution in [0.3, 0.4) is 0 Å². The van der Waals surface area contributed by atoms with Crippen molar-refractivity contribution in [3.8, 4) is 0 Å². The molecule has 45 heavy (non-hydrogen) atoms. The molecule has 1 aliphatic rings. The molecule has 0 spiro atoms. The predicted molar refractivity (Wildman–Crippen MR) is 179 cm³/mol. The van der Waals surface area contributed by atoms with Crippen molar-refractivity contribution in [2.45, 2.75) is 65.8 Å². The van der Waals surface area contributed by atoms with E-state index in [9.17, 15) is 19.2 Å². The molecule has 0 saturated heterocycles. The zero-order chi connectivity index (χ0) is 33.1. The van der Waals surface area contributed by atoms with E-state index < -0.39 is 23.9 Å². The number of nitrogens with zero attached hydrogens (tertiary/aromatic N) is 1. The van der Waals surface area contributed by atoms with Crippen LogP contribution in [0.1, 0.15) is 64.7 Å². The summed E-state index contributed by atoms with van der Waals surface area (Å²) in [7, 11) is 1.30. The molecule has 3 N–H and O–H groups in total. The van der Waals surface area contributed by atoms with Gasteiger partial charge < -0.3 is 20.7 Å². The molecular formula is C34H38Cl2N4O5. The van der Waals surface area contributed by atoms with Crippen molar-refractivity contribution >= 4 is 64.3 Å². The fourth-order valence-corrected chi connectivity index (χ4v) is 5.65. The summed E-state index contributed by atoms with van der Waals surface area (Å²) in [6.45, 7) is 7.62. The number of halogens is 2. The Morgan fingerprint density at radius 2 is 1.42 bits per heavy atom. The van der Waals surface area contributed by atoms with E-state index in [4.69, 9.17) is 27.9 Å². The van der Waals surface area contributed by atoms with Gasteiger partial charge in [0, 0.05) is 5.69 Å². The number of nitrogens with one attached hydrogen (secondary N) is 3. The Morgan fingerprint density at radius 3 is 1.98 bits per heavy atom. The lowest BCUT2D eigenvalue weighted by Gasteiger charge is -2.29. The van der Waals surface area contributed by atoms with E-state index in [0.29, 0.717) is 5.69 Å². The number of isocyanates is 1. The van der Waals surface area contributed by atoms with E-state index in [2.05, 4.69) is 20.9 Å². The summed E-state index contributed by atoms with van der Waals surface area (Å²) >= 11 is 12.4. The molecule has 0 heterocycles. The Morgan fingerprint density at radius 1 is 0.867 bits per heavy atom. The molecule has 3 aromatic carbocycles. The Kier molecular flexibility index (Phi) is 13.2. The smallest absolute Gasteiger partial charge is 0.328 e. The highest BCUT2D eigenvalue weighted by molar-refractivity contribution is 6.42. The average molecular weight is 654 g/mol. The van der Waals surface area contributed by atoms with Gasteiger partial charge in [-0.15, -0.1) is 0 Å². The van der Waals surface area contributed by atoms with E-state index in [1.165, 1.54) is 19.2 Å². The molecule has 0 bridgehead atoms. The van der Waals surface area contributed by atoms with Crippen LogP contribution in [0.15, 0.2) is 53.5 Å². The minimum Gasteiger partial charge on any atom is -0.467 e. The lowest BCUT2D eigenvalue weighted by atomic mass is 9.83. The monoisotopic (exact) mass is 652 g/mol. The third-order valence-electron chi connectivity index (χ3n) is 7.73. The Hall–Kier alpha value is -4.17. The van der Waals surface area contributed by atoms with Gasteiger partial charge in [-0.3, -0.25) is 4.79 Å². The second kappa shape index (κ2) is 16.8. The number of amides is 3. The quantitative estimate of drug-likeness (QED) is 0.134. The molecule has 1 aliphatic carbocycles. The van der Waals surface area contributed by atoms with Crippen LogP contribution in [0.5, 0.6) is 0 Å². The van der Waals surface area contributed by atoms with Crippen LogP contribution in [-0.4, -0.2) is 37.1 Å². The van der Waals surface area contributed by atoms with Crippen LogP contribution < -0.4 is 16.0 Å². The first-order valence-electron chi connectivity index (χ1n) is 14.6. The summed E-state index contributed by atoms with van der Waals surface area (Å²) in [4.78, 5) is 52.1. The van der Waals surface area contributed by atoms with E-state index in [-0.39, 0.29) is 27.2 Å². The third-order valence-corrected chi connectivity index (χ3v) is 8.45. The summed E-state index contributed by atoms with van der Waals surface area (Å²) in [6.07, 6.45) is 6.28. The van der Waals surface area contributed by atoms with Crippen LogP contribution in [-0.2, 0) is 14.3 Å². The Bertz CT molecular complexity index is 1560. The number of anilines is 2. The SMILES string of the molecule is COC(=O)[C@@H](NC(=O)c1cc(Cl)c(Cl)cc1NC(=O)Nc1c(C)cccc1C)C1CCCCC1.Cc1cccc(C)c1N=C=O. The summed E-state index contributed by atoms with van der Waals surface area (Å²) in [5.74, 6) is -1.07. The number of ether oxygens (including phenoxy) is 1. The van der Waals surface area contributed by atoms with E-state index in [1.807, 2.05) is 64.1 Å². The van der Waals surface area contributed by atoms with Crippen molar-refractivity contribution < 1.29 is 23.9 Å². The molecule has 3 amide bonds. The predicted octanol–water partition coefficient (Wildman–Crippen LogP) is 8.38. The van der Waals surface area contributed by atoms with Gasteiger partial charge in [0.05, 0.1) is 34.1 Å². The molecule has 3 aromatic rings. The van der Waals surface area contributed by atoms with Crippen LogP contribution in [0.2, 0.25) is 10.0 Å². The normalized spacial score (nSPS) is 13.3. The maximum absolute atomic E-state index is 13.3. The topological polar surface area (TPSA) is 126 Å². The molecule has 238 valence electrons. The first-order valence-corrected chi connectivity index (χ1v) is 15.4. The fourth-order valence-electron chi connectivity index (χ4n) is 5.33. The fraction of sp³-hybridized carbons (Fsp3) is 0.353. The highest BCUT2D eigenvalue weighted by Gasteiger charge is 2.32. The standard InChI is InChI=1S/C25H29Cl2N3O4.C9H9NO/c1-14-8-7-9-15(2)21(14)30-25(33)28-20-13-19(27)18(26)12-17(20)23(31)29-22(24(32)34-3)16-10-5-4-6-11-16;1-7-4-3-5-8(2)9(7)10-6-11/h7-9,12-13,16,22H,4-6,10-11H2,1-3H3,(H,29,31)(H2,28,30,33);3-5H,1-2H3/t22-;/m0./s1. The van der Waals surface area contributed by atoms with Crippen LogP contribution in [0, 0.1) is 33.6 Å². The first kappa shape index (κ1) is 35.3. The number of hydrogen-bond donors (Lipinski definition) is 3. The van der Waals surface area contributed by atoms with E-state index >= 15 is 0 Å². The molecule has 1 atom stereocenters. The largest absolute Gasteiger partial charge is 0.467 e. The number of esters is 1. The summed E-state index contributed by atoms with van der Waals surface area (Å²) < 4.78 is 4.95. The van der Waals surface area contributed by atoms with Crippen LogP contribution in [0.25, 0.3) is 0 Å². The molecule has 1 fully saturated rings. The highest BCUT2D eigenvalue weighted by Crippen LogP contribution is 2.31. The molecule has 9 nitrogen and oxygen atoms in total. The Labute approximate surface area is 273 Å². The number of para-hydroxylation sites is 2. The number of urea groups is 1. The average Bonchev–Trinajstić information content (AvgIpc) is 3.01. The number of methoxy groups -OCH3 is 1.